The van der Waals surface area contributed by atoms with Crippen molar-refractivity contribution in [1.29, 1.82) is 0 Å². The fraction of sp³-hybridized carbons (Fsp3) is 0.364. The second kappa shape index (κ2) is 9.89. The molecule has 2 aromatic carbocycles. The Morgan fingerprint density at radius 1 is 1.17 bits per heavy atom. The monoisotopic (exact) mass is 462 g/mol. The number of esters is 2. The third-order valence-corrected chi connectivity index (χ3v) is 4.94. The number of hydrogen-bond donors (Lipinski definition) is 0. The van der Waals surface area contributed by atoms with Gasteiger partial charge in [-0.3, -0.25) is 0 Å². The van der Waals surface area contributed by atoms with E-state index in [2.05, 4.69) is 15.9 Å². The third kappa shape index (κ3) is 6.05. The topological polar surface area (TPSA) is 71.1 Å². The third-order valence-electron chi connectivity index (χ3n) is 4.49. The minimum Gasteiger partial charge on any atom is -0.481 e. The summed E-state index contributed by atoms with van der Waals surface area (Å²) in [5, 5.41) is 0. The molecule has 3 rings (SSSR count). The lowest BCUT2D eigenvalue weighted by Crippen LogP contribution is -2.19. The molecule has 0 amide bonds. The predicted octanol–water partition coefficient (Wildman–Crippen LogP) is 4.39. The van der Waals surface area contributed by atoms with Crippen molar-refractivity contribution < 1.29 is 28.5 Å². The molecule has 0 spiro atoms. The molecule has 2 aromatic rings. The Labute approximate surface area is 178 Å². The number of aryl methyl sites for hydroxylation is 2. The van der Waals surface area contributed by atoms with Crippen molar-refractivity contribution in [3.8, 4) is 11.5 Å². The number of benzene rings is 2. The van der Waals surface area contributed by atoms with Crippen molar-refractivity contribution in [2.75, 3.05) is 19.8 Å². The molecule has 0 aliphatic carbocycles. The first-order valence-corrected chi connectivity index (χ1v) is 10.2. The molecular weight excluding hydrogens is 440 g/mol. The van der Waals surface area contributed by atoms with Gasteiger partial charge >= 0.3 is 11.9 Å². The minimum absolute atomic E-state index is 0.0392. The number of halogens is 1. The maximum atomic E-state index is 12.2. The highest BCUT2D eigenvalue weighted by atomic mass is 79.9. The molecule has 0 aromatic heterocycles. The molecule has 1 heterocycles. The van der Waals surface area contributed by atoms with Crippen LogP contribution in [0.3, 0.4) is 0 Å². The van der Waals surface area contributed by atoms with Gasteiger partial charge < -0.3 is 18.9 Å². The molecule has 0 bridgehead atoms. The maximum Gasteiger partial charge on any atom is 0.349 e. The van der Waals surface area contributed by atoms with Gasteiger partial charge in [-0.05, 0) is 68.1 Å². The Morgan fingerprint density at radius 3 is 2.62 bits per heavy atom. The van der Waals surface area contributed by atoms with Crippen LogP contribution >= 0.6 is 15.9 Å². The van der Waals surface area contributed by atoms with E-state index in [1.165, 1.54) is 6.07 Å². The van der Waals surface area contributed by atoms with Gasteiger partial charge in [-0.1, -0.05) is 22.0 Å². The van der Waals surface area contributed by atoms with Crippen LogP contribution in [0.5, 0.6) is 11.5 Å². The molecule has 0 saturated carbocycles. The minimum atomic E-state index is -0.559. The summed E-state index contributed by atoms with van der Waals surface area (Å²) < 4.78 is 22.6. The lowest BCUT2D eigenvalue weighted by atomic mass is 10.1. The SMILES string of the molecule is Cc1cc(Br)cc(C)c1OCC(=O)Oc1cccc(C(=O)OCC2CCCO2)c1. The van der Waals surface area contributed by atoms with Crippen LogP contribution in [-0.2, 0) is 14.3 Å². The maximum absolute atomic E-state index is 12.2. The zero-order valence-electron chi connectivity index (χ0n) is 16.4. The second-order valence-corrected chi connectivity index (χ2v) is 7.81. The first kappa shape index (κ1) is 21.3. The van der Waals surface area contributed by atoms with Gasteiger partial charge in [-0.15, -0.1) is 0 Å². The van der Waals surface area contributed by atoms with Crippen LogP contribution < -0.4 is 9.47 Å². The van der Waals surface area contributed by atoms with Gasteiger partial charge in [-0.25, -0.2) is 9.59 Å². The molecule has 1 aliphatic heterocycles. The van der Waals surface area contributed by atoms with Crippen LogP contribution in [0.1, 0.15) is 34.3 Å². The summed E-state index contributed by atoms with van der Waals surface area (Å²) in [5.74, 6) is -0.127. The van der Waals surface area contributed by atoms with Crippen molar-refractivity contribution in [2.45, 2.75) is 32.8 Å². The number of carbonyl (C=O) groups is 2. The predicted molar refractivity (Wildman–Crippen MR) is 110 cm³/mol. The standard InChI is InChI=1S/C22H23BrO6/c1-14-9-17(23)10-15(2)21(14)27-13-20(24)29-18-6-3-5-16(11-18)22(25)28-12-19-7-4-8-26-19/h3,5-6,9-11,19H,4,7-8,12-13H2,1-2H3. The Hall–Kier alpha value is -2.38. The van der Waals surface area contributed by atoms with Crippen LogP contribution in [0, 0.1) is 13.8 Å². The lowest BCUT2D eigenvalue weighted by Gasteiger charge is -2.13. The van der Waals surface area contributed by atoms with E-state index in [4.69, 9.17) is 18.9 Å². The zero-order chi connectivity index (χ0) is 20.8. The average Bonchev–Trinajstić information content (AvgIpc) is 3.19. The smallest absolute Gasteiger partial charge is 0.349 e. The first-order chi connectivity index (χ1) is 13.9. The fourth-order valence-electron chi connectivity index (χ4n) is 3.13. The molecule has 1 unspecified atom stereocenters. The number of rotatable bonds is 7. The highest BCUT2D eigenvalue weighted by Gasteiger charge is 2.18. The van der Waals surface area contributed by atoms with Gasteiger partial charge in [0.2, 0.25) is 0 Å². The van der Waals surface area contributed by atoms with E-state index >= 15 is 0 Å². The Balaban J connectivity index is 1.54. The van der Waals surface area contributed by atoms with Crippen molar-refractivity contribution in [1.82, 2.24) is 0 Å². The van der Waals surface area contributed by atoms with Gasteiger partial charge in [0, 0.05) is 11.1 Å². The molecule has 0 radical (unpaired) electrons. The van der Waals surface area contributed by atoms with E-state index in [1.807, 2.05) is 26.0 Å². The Bertz CT molecular complexity index is 866. The van der Waals surface area contributed by atoms with Gasteiger partial charge in [-0.2, -0.15) is 0 Å². The molecule has 29 heavy (non-hydrogen) atoms. The number of hydrogen-bond acceptors (Lipinski definition) is 6. The fourth-order valence-corrected chi connectivity index (χ4v) is 3.82. The Morgan fingerprint density at radius 2 is 1.93 bits per heavy atom. The van der Waals surface area contributed by atoms with Crippen LogP contribution in [0.25, 0.3) is 0 Å². The summed E-state index contributed by atoms with van der Waals surface area (Å²) in [6, 6.07) is 10.2. The molecule has 1 saturated heterocycles. The molecule has 1 fully saturated rings. The summed E-state index contributed by atoms with van der Waals surface area (Å²) in [7, 11) is 0. The first-order valence-electron chi connectivity index (χ1n) is 9.41. The summed E-state index contributed by atoms with van der Waals surface area (Å²) in [6.07, 6.45) is 1.83. The van der Waals surface area contributed by atoms with Gasteiger partial charge in [0.1, 0.15) is 18.1 Å². The molecular formula is C22H23BrO6. The molecule has 6 nitrogen and oxygen atoms in total. The molecule has 1 atom stereocenters. The van der Waals surface area contributed by atoms with E-state index in [0.29, 0.717) is 17.9 Å². The van der Waals surface area contributed by atoms with Crippen molar-refractivity contribution >= 4 is 27.9 Å². The van der Waals surface area contributed by atoms with Gasteiger partial charge in [0.05, 0.1) is 11.7 Å². The van der Waals surface area contributed by atoms with E-state index in [1.54, 1.807) is 18.2 Å². The quantitative estimate of drug-likeness (QED) is 0.448. The van der Waals surface area contributed by atoms with Crippen LogP contribution in [0.4, 0.5) is 0 Å². The normalized spacial score (nSPS) is 15.8. The van der Waals surface area contributed by atoms with Crippen molar-refractivity contribution in [3.63, 3.8) is 0 Å². The lowest BCUT2D eigenvalue weighted by molar-refractivity contribution is -0.136. The van der Waals surface area contributed by atoms with Crippen LogP contribution in [0.15, 0.2) is 40.9 Å². The second-order valence-electron chi connectivity index (χ2n) is 6.89. The van der Waals surface area contributed by atoms with E-state index < -0.39 is 11.9 Å². The summed E-state index contributed by atoms with van der Waals surface area (Å²) in [6.45, 7) is 4.50. The number of carbonyl (C=O) groups excluding carboxylic acids is 2. The largest absolute Gasteiger partial charge is 0.481 e. The molecule has 7 heteroatoms. The van der Waals surface area contributed by atoms with Crippen LogP contribution in [-0.4, -0.2) is 37.9 Å². The summed E-state index contributed by atoms with van der Waals surface area (Å²) >= 11 is 3.43. The van der Waals surface area contributed by atoms with Gasteiger partial charge in [0.25, 0.3) is 0 Å². The zero-order valence-corrected chi connectivity index (χ0v) is 18.0. The average molecular weight is 463 g/mol. The summed E-state index contributed by atoms with van der Waals surface area (Å²) in [4.78, 5) is 24.4. The Kier molecular flexibility index (Phi) is 7.28. The van der Waals surface area contributed by atoms with Crippen molar-refractivity contribution in [2.24, 2.45) is 0 Å². The van der Waals surface area contributed by atoms with E-state index in [0.717, 1.165) is 28.4 Å². The number of ether oxygens (including phenoxy) is 4. The van der Waals surface area contributed by atoms with E-state index in [-0.39, 0.29) is 25.1 Å². The van der Waals surface area contributed by atoms with Crippen molar-refractivity contribution in [3.05, 3.63) is 57.6 Å². The highest BCUT2D eigenvalue weighted by molar-refractivity contribution is 9.10. The molecule has 154 valence electrons. The van der Waals surface area contributed by atoms with Gasteiger partial charge in [0.15, 0.2) is 6.61 Å². The summed E-state index contributed by atoms with van der Waals surface area (Å²) in [5.41, 5.74) is 2.15. The van der Waals surface area contributed by atoms with Crippen LogP contribution in [0.2, 0.25) is 0 Å². The molecule has 0 N–H and O–H groups in total. The molecule has 1 aliphatic rings. The highest BCUT2D eigenvalue weighted by Crippen LogP contribution is 2.27. The van der Waals surface area contributed by atoms with E-state index in [9.17, 15) is 9.59 Å².